The van der Waals surface area contributed by atoms with E-state index in [1.165, 1.54) is 0 Å². The van der Waals surface area contributed by atoms with E-state index in [1.54, 1.807) is 11.8 Å². The highest BCUT2D eigenvalue weighted by Crippen LogP contribution is 2.20. The summed E-state index contributed by atoms with van der Waals surface area (Å²) >= 11 is 1.75. The lowest BCUT2D eigenvalue weighted by atomic mass is 9.95. The number of aromatic nitrogens is 3. The summed E-state index contributed by atoms with van der Waals surface area (Å²) in [5.41, 5.74) is -0.166. The molecule has 1 aromatic rings. The van der Waals surface area contributed by atoms with Crippen molar-refractivity contribution >= 4 is 11.8 Å². The molecule has 20 heavy (non-hydrogen) atoms. The van der Waals surface area contributed by atoms with Crippen molar-refractivity contribution in [3.63, 3.8) is 0 Å². The van der Waals surface area contributed by atoms with Crippen molar-refractivity contribution in [1.82, 2.24) is 20.1 Å². The van der Waals surface area contributed by atoms with Gasteiger partial charge in [-0.05, 0) is 26.7 Å². The molecule has 0 radical (unpaired) electrons. The average Bonchev–Trinajstić information content (AvgIpc) is 2.69. The van der Waals surface area contributed by atoms with E-state index in [0.717, 1.165) is 36.0 Å². The number of nitrogens with one attached hydrogen (secondary N) is 1. The Balaban J connectivity index is 2.26. The van der Waals surface area contributed by atoms with Crippen LogP contribution >= 0.6 is 11.8 Å². The number of rotatable bonds is 9. The van der Waals surface area contributed by atoms with E-state index in [1.807, 2.05) is 18.5 Å². The molecule has 1 rings (SSSR count). The Bertz CT molecular complexity index is 408. The first-order valence-corrected chi connectivity index (χ1v) is 8.24. The predicted octanol–water partition coefficient (Wildman–Crippen LogP) is 2.13. The fourth-order valence-corrected chi connectivity index (χ4v) is 3.14. The molecule has 0 aliphatic carbocycles. The normalized spacial score (nSPS) is 14.8. The van der Waals surface area contributed by atoms with Crippen LogP contribution in [-0.2, 0) is 7.05 Å². The molecular weight excluding hydrogens is 272 g/mol. The number of aliphatic hydroxyl groups is 1. The molecule has 2 N–H and O–H groups in total. The molecule has 0 spiro atoms. The van der Waals surface area contributed by atoms with E-state index in [2.05, 4.69) is 36.3 Å². The highest BCUT2D eigenvalue weighted by molar-refractivity contribution is 7.99. The summed E-state index contributed by atoms with van der Waals surface area (Å²) in [5.74, 6) is 1.98. The van der Waals surface area contributed by atoms with E-state index >= 15 is 0 Å². The monoisotopic (exact) mass is 300 g/mol. The van der Waals surface area contributed by atoms with Gasteiger partial charge in [0.15, 0.2) is 5.16 Å². The van der Waals surface area contributed by atoms with Crippen molar-refractivity contribution in [2.24, 2.45) is 7.05 Å². The summed E-state index contributed by atoms with van der Waals surface area (Å²) in [5, 5.41) is 22.1. The maximum Gasteiger partial charge on any atom is 0.190 e. The van der Waals surface area contributed by atoms with Crippen LogP contribution in [-0.4, -0.2) is 43.8 Å². The molecule has 0 bridgehead atoms. The lowest BCUT2D eigenvalue weighted by Crippen LogP contribution is -2.49. The molecular formula is C14H28N4OS. The van der Waals surface area contributed by atoms with Crippen LogP contribution < -0.4 is 5.32 Å². The highest BCUT2D eigenvalue weighted by atomic mass is 32.2. The van der Waals surface area contributed by atoms with Crippen molar-refractivity contribution in [1.29, 1.82) is 0 Å². The van der Waals surface area contributed by atoms with Gasteiger partial charge in [0.2, 0.25) is 0 Å². The molecule has 0 fully saturated rings. The van der Waals surface area contributed by atoms with E-state index in [0.29, 0.717) is 6.04 Å². The van der Waals surface area contributed by atoms with Crippen LogP contribution in [0, 0.1) is 6.92 Å². The van der Waals surface area contributed by atoms with Crippen molar-refractivity contribution in [2.45, 2.75) is 63.7 Å². The number of unbranched alkanes of at least 4 members (excludes halogenated alkanes) is 1. The largest absolute Gasteiger partial charge is 0.394 e. The van der Waals surface area contributed by atoms with Gasteiger partial charge in [0.05, 0.1) is 6.61 Å². The van der Waals surface area contributed by atoms with Crippen molar-refractivity contribution < 1.29 is 5.11 Å². The van der Waals surface area contributed by atoms with Gasteiger partial charge in [-0.3, -0.25) is 0 Å². The molecule has 0 amide bonds. The maximum atomic E-state index is 9.52. The van der Waals surface area contributed by atoms with Gasteiger partial charge >= 0.3 is 0 Å². The Kier molecular flexibility index (Phi) is 6.99. The first kappa shape index (κ1) is 17.5. The average molecular weight is 300 g/mol. The van der Waals surface area contributed by atoms with Crippen LogP contribution in [0.15, 0.2) is 5.16 Å². The Hall–Kier alpha value is -0.590. The van der Waals surface area contributed by atoms with Gasteiger partial charge in [-0.1, -0.05) is 32.0 Å². The van der Waals surface area contributed by atoms with Gasteiger partial charge in [0, 0.05) is 24.4 Å². The van der Waals surface area contributed by atoms with Crippen LogP contribution in [0.3, 0.4) is 0 Å². The number of aryl methyl sites for hydroxylation is 1. The second-order valence-corrected chi connectivity index (χ2v) is 6.97. The fourth-order valence-electron chi connectivity index (χ4n) is 2.19. The molecule has 0 aliphatic rings. The molecule has 1 aromatic heterocycles. The van der Waals surface area contributed by atoms with Gasteiger partial charge < -0.3 is 15.0 Å². The number of thioether (sulfide) groups is 1. The Morgan fingerprint density at radius 3 is 2.55 bits per heavy atom. The lowest BCUT2D eigenvalue weighted by molar-refractivity contribution is 0.154. The Morgan fingerprint density at radius 1 is 1.35 bits per heavy atom. The first-order chi connectivity index (χ1) is 9.38. The molecule has 0 saturated carbocycles. The van der Waals surface area contributed by atoms with E-state index in [4.69, 9.17) is 0 Å². The maximum absolute atomic E-state index is 9.52. The quantitative estimate of drug-likeness (QED) is 0.540. The summed E-state index contributed by atoms with van der Waals surface area (Å²) in [4.78, 5) is 0. The second kappa shape index (κ2) is 8.00. The third kappa shape index (κ3) is 5.42. The lowest BCUT2D eigenvalue weighted by Gasteiger charge is -2.31. The fraction of sp³-hybridized carbons (Fsp3) is 0.857. The summed E-state index contributed by atoms with van der Waals surface area (Å²) in [7, 11) is 1.99. The SMILES string of the molecule is Cc1nnc(SCCCCC(C)(CO)NC(C)C)n1C. The van der Waals surface area contributed by atoms with Gasteiger partial charge in [-0.15, -0.1) is 10.2 Å². The number of nitrogens with zero attached hydrogens (tertiary/aromatic N) is 3. The van der Waals surface area contributed by atoms with E-state index in [9.17, 15) is 5.11 Å². The van der Waals surface area contributed by atoms with Crippen LogP contribution in [0.25, 0.3) is 0 Å². The zero-order valence-electron chi connectivity index (χ0n) is 13.3. The Morgan fingerprint density at radius 2 is 2.05 bits per heavy atom. The highest BCUT2D eigenvalue weighted by Gasteiger charge is 2.22. The van der Waals surface area contributed by atoms with E-state index < -0.39 is 0 Å². The van der Waals surface area contributed by atoms with Crippen molar-refractivity contribution in [3.05, 3.63) is 5.82 Å². The third-order valence-electron chi connectivity index (χ3n) is 3.39. The standard InChI is InChI=1S/C14H28N4OS/c1-11(2)15-14(4,10-19)8-6-7-9-20-13-17-16-12(3)18(13)5/h11,15,19H,6-10H2,1-5H3. The summed E-state index contributed by atoms with van der Waals surface area (Å²) < 4.78 is 2.02. The minimum atomic E-state index is -0.166. The molecule has 0 saturated heterocycles. The molecule has 0 aliphatic heterocycles. The minimum Gasteiger partial charge on any atom is -0.394 e. The van der Waals surface area contributed by atoms with Gasteiger partial charge in [-0.25, -0.2) is 0 Å². The zero-order chi connectivity index (χ0) is 15.2. The molecule has 6 heteroatoms. The number of aliphatic hydroxyl groups excluding tert-OH is 1. The van der Waals surface area contributed by atoms with Gasteiger partial charge in [-0.2, -0.15) is 0 Å². The molecule has 1 atom stereocenters. The van der Waals surface area contributed by atoms with Crippen LogP contribution in [0.2, 0.25) is 0 Å². The van der Waals surface area contributed by atoms with Crippen molar-refractivity contribution in [3.8, 4) is 0 Å². The molecule has 1 heterocycles. The summed E-state index contributed by atoms with van der Waals surface area (Å²) in [6.07, 6.45) is 3.20. The molecule has 0 aromatic carbocycles. The van der Waals surface area contributed by atoms with Crippen LogP contribution in [0.5, 0.6) is 0 Å². The smallest absolute Gasteiger partial charge is 0.190 e. The van der Waals surface area contributed by atoms with E-state index in [-0.39, 0.29) is 12.1 Å². The second-order valence-electron chi connectivity index (χ2n) is 5.91. The molecule has 116 valence electrons. The Labute approximate surface area is 126 Å². The van der Waals surface area contributed by atoms with Crippen LogP contribution in [0.1, 0.15) is 45.9 Å². The predicted molar refractivity (Wildman–Crippen MR) is 84.1 cm³/mol. The van der Waals surface area contributed by atoms with Gasteiger partial charge in [0.25, 0.3) is 0 Å². The number of hydrogen-bond donors (Lipinski definition) is 2. The first-order valence-electron chi connectivity index (χ1n) is 7.25. The topological polar surface area (TPSA) is 63.0 Å². The summed E-state index contributed by atoms with van der Waals surface area (Å²) in [6.45, 7) is 8.45. The van der Waals surface area contributed by atoms with Crippen molar-refractivity contribution in [2.75, 3.05) is 12.4 Å². The van der Waals surface area contributed by atoms with Crippen LogP contribution in [0.4, 0.5) is 0 Å². The zero-order valence-corrected chi connectivity index (χ0v) is 14.1. The molecule has 1 unspecified atom stereocenters. The molecule has 5 nitrogen and oxygen atoms in total. The van der Waals surface area contributed by atoms with Gasteiger partial charge in [0.1, 0.15) is 5.82 Å². The third-order valence-corrected chi connectivity index (χ3v) is 4.50. The summed E-state index contributed by atoms with van der Waals surface area (Å²) in [6, 6.07) is 0.392. The number of hydrogen-bond acceptors (Lipinski definition) is 5. The minimum absolute atomic E-state index is 0.166.